The fourth-order valence-electron chi connectivity index (χ4n) is 3.92. The molecular weight excluding hydrogens is 472 g/mol. The van der Waals surface area contributed by atoms with Crippen LogP contribution in [0.4, 0.5) is 8.78 Å². The molecule has 1 atom stereocenters. The Balaban J connectivity index is 1.74. The van der Waals surface area contributed by atoms with Crippen LogP contribution in [0.25, 0.3) is 33.8 Å². The summed E-state index contributed by atoms with van der Waals surface area (Å²) >= 11 is -2.38. The summed E-state index contributed by atoms with van der Waals surface area (Å²) in [7, 11) is 0. The molecule has 2 aromatic heterocycles. The first-order valence-corrected chi connectivity index (χ1v) is 11.6. The van der Waals surface area contributed by atoms with Crippen molar-refractivity contribution in [2.45, 2.75) is 18.2 Å². The topological polar surface area (TPSA) is 88.7 Å². The van der Waals surface area contributed by atoms with E-state index >= 15 is 0 Å². The second-order valence-electron chi connectivity index (χ2n) is 7.75. The van der Waals surface area contributed by atoms with Gasteiger partial charge in [0.05, 0.1) is 23.3 Å². The predicted octanol–water partition coefficient (Wildman–Crippen LogP) is 5.27. The molecule has 0 aliphatic rings. The van der Waals surface area contributed by atoms with Gasteiger partial charge in [-0.1, -0.05) is 53.7 Å². The molecule has 0 radical (unpaired) electrons. The van der Waals surface area contributed by atoms with Crippen LogP contribution < -0.4 is 0 Å². The highest BCUT2D eigenvalue weighted by atomic mass is 32.2. The Hall–Kier alpha value is -4.02. The number of alkyl halides is 2. The minimum atomic E-state index is -2.71. The molecular formula is C25H18F2N5O2S-. The van der Waals surface area contributed by atoms with Crippen LogP contribution in [-0.4, -0.2) is 33.3 Å². The van der Waals surface area contributed by atoms with E-state index in [1.807, 2.05) is 36.4 Å². The Morgan fingerprint density at radius 1 is 0.914 bits per heavy atom. The third-order valence-corrected chi connectivity index (χ3v) is 6.21. The number of halogens is 2. The van der Waals surface area contributed by atoms with Gasteiger partial charge in [-0.05, 0) is 53.4 Å². The summed E-state index contributed by atoms with van der Waals surface area (Å²) in [5.74, 6) is 0.388. The van der Waals surface area contributed by atoms with Crippen molar-refractivity contribution < 1.29 is 17.5 Å². The van der Waals surface area contributed by atoms with Crippen LogP contribution in [0.15, 0.2) is 90.1 Å². The molecule has 2 heterocycles. The van der Waals surface area contributed by atoms with Gasteiger partial charge in [-0.15, -0.1) is 5.10 Å². The molecule has 0 saturated heterocycles. The Bertz CT molecular complexity index is 1530. The van der Waals surface area contributed by atoms with E-state index in [1.165, 1.54) is 12.3 Å². The smallest absolute Gasteiger partial charge is 0.281 e. The van der Waals surface area contributed by atoms with Gasteiger partial charge >= 0.3 is 0 Å². The summed E-state index contributed by atoms with van der Waals surface area (Å²) < 4.78 is 52.9. The van der Waals surface area contributed by atoms with Crippen LogP contribution >= 0.6 is 0 Å². The van der Waals surface area contributed by atoms with E-state index in [9.17, 15) is 17.5 Å². The Labute approximate surface area is 202 Å². The van der Waals surface area contributed by atoms with E-state index in [0.717, 1.165) is 11.1 Å². The fourth-order valence-corrected chi connectivity index (χ4v) is 4.33. The molecule has 0 bridgehead atoms. The SMILES string of the molecule is Cc1nc(C(F)F)cn1-c1ccc(-c2cccc(S(=O)[O-])c2)cc1-n1nncc1-c1ccccc1. The third kappa shape index (κ3) is 4.41. The van der Waals surface area contributed by atoms with Gasteiger partial charge in [0, 0.05) is 16.7 Å². The summed E-state index contributed by atoms with van der Waals surface area (Å²) in [6.45, 7) is 1.65. The highest BCUT2D eigenvalue weighted by molar-refractivity contribution is 7.79. The monoisotopic (exact) mass is 490 g/mol. The minimum Gasteiger partial charge on any atom is -0.768 e. The van der Waals surface area contributed by atoms with Gasteiger partial charge in [0.15, 0.2) is 0 Å². The predicted molar refractivity (Wildman–Crippen MR) is 126 cm³/mol. The molecule has 176 valence electrons. The van der Waals surface area contributed by atoms with Gasteiger partial charge in [0.25, 0.3) is 6.43 Å². The minimum absolute atomic E-state index is 0.158. The first-order valence-electron chi connectivity index (χ1n) is 10.6. The normalized spacial score (nSPS) is 12.3. The molecule has 0 fully saturated rings. The van der Waals surface area contributed by atoms with Crippen molar-refractivity contribution in [3.63, 3.8) is 0 Å². The largest absolute Gasteiger partial charge is 0.768 e. The number of hydrogen-bond acceptors (Lipinski definition) is 5. The standard InChI is InChI=1S/C25H19F2N5O2S/c1-16-29-21(25(26)27)15-31(16)22-11-10-19(18-8-5-9-20(12-18)35(33)34)13-23(22)32-24(14-28-30-32)17-6-3-2-4-7-17/h2-15,25H,1H3,(H,33,34)/p-1. The van der Waals surface area contributed by atoms with Crippen LogP contribution in [0.1, 0.15) is 17.9 Å². The molecule has 7 nitrogen and oxygen atoms in total. The summed E-state index contributed by atoms with van der Waals surface area (Å²) in [5, 5.41) is 8.38. The second kappa shape index (κ2) is 9.32. The lowest BCUT2D eigenvalue weighted by Crippen LogP contribution is -2.07. The average Bonchev–Trinajstić information content (AvgIpc) is 3.51. The number of imidazole rings is 1. The van der Waals surface area contributed by atoms with E-state index in [2.05, 4.69) is 15.3 Å². The van der Waals surface area contributed by atoms with Crippen molar-refractivity contribution in [3.05, 3.63) is 96.7 Å². The second-order valence-corrected chi connectivity index (χ2v) is 8.69. The molecule has 1 unspecified atom stereocenters. The van der Waals surface area contributed by atoms with Gasteiger partial charge in [-0.2, -0.15) is 0 Å². The zero-order chi connectivity index (χ0) is 24.5. The summed E-state index contributed by atoms with van der Waals surface area (Å²) in [6, 6.07) is 21.5. The molecule has 5 rings (SSSR count). The van der Waals surface area contributed by atoms with E-state index in [0.29, 0.717) is 28.5 Å². The zero-order valence-corrected chi connectivity index (χ0v) is 19.2. The van der Waals surface area contributed by atoms with Gasteiger partial charge in [0.1, 0.15) is 11.5 Å². The highest BCUT2D eigenvalue weighted by Gasteiger charge is 2.19. The van der Waals surface area contributed by atoms with Crippen LogP contribution in [0.2, 0.25) is 0 Å². The summed E-state index contributed by atoms with van der Waals surface area (Å²) in [6.07, 6.45) is 0.219. The molecule has 0 aliphatic carbocycles. The molecule has 3 aromatic carbocycles. The van der Waals surface area contributed by atoms with Crippen molar-refractivity contribution in [3.8, 4) is 33.8 Å². The molecule has 5 aromatic rings. The fraction of sp³-hybridized carbons (Fsp3) is 0.0800. The molecule has 35 heavy (non-hydrogen) atoms. The number of aryl methyl sites for hydroxylation is 1. The van der Waals surface area contributed by atoms with Crippen molar-refractivity contribution >= 4 is 11.1 Å². The van der Waals surface area contributed by atoms with Crippen molar-refractivity contribution in [1.29, 1.82) is 0 Å². The first kappa shape index (κ1) is 22.8. The quantitative estimate of drug-likeness (QED) is 0.303. The van der Waals surface area contributed by atoms with Gasteiger partial charge in [-0.3, -0.25) is 4.21 Å². The zero-order valence-electron chi connectivity index (χ0n) is 18.4. The van der Waals surface area contributed by atoms with Gasteiger partial charge < -0.3 is 9.12 Å². The summed E-state index contributed by atoms with van der Waals surface area (Å²) in [4.78, 5) is 4.16. The van der Waals surface area contributed by atoms with Crippen molar-refractivity contribution in [1.82, 2.24) is 24.5 Å². The molecule has 0 spiro atoms. The lowest BCUT2D eigenvalue weighted by molar-refractivity contribution is 0.146. The average molecular weight is 491 g/mol. The van der Waals surface area contributed by atoms with E-state index in [-0.39, 0.29) is 10.6 Å². The third-order valence-electron chi connectivity index (χ3n) is 5.57. The lowest BCUT2D eigenvalue weighted by Gasteiger charge is -2.16. The molecule has 0 aliphatic heterocycles. The number of rotatable bonds is 6. The highest BCUT2D eigenvalue weighted by Crippen LogP contribution is 2.32. The van der Waals surface area contributed by atoms with Crippen LogP contribution in [-0.2, 0) is 11.1 Å². The van der Waals surface area contributed by atoms with Gasteiger partial charge in [0.2, 0.25) is 0 Å². The number of hydrogen-bond donors (Lipinski definition) is 0. The molecule has 0 amide bonds. The lowest BCUT2D eigenvalue weighted by atomic mass is 10.0. The molecule has 0 saturated carbocycles. The molecule has 10 heteroatoms. The van der Waals surface area contributed by atoms with Crippen LogP contribution in [0.5, 0.6) is 0 Å². The Morgan fingerprint density at radius 3 is 2.37 bits per heavy atom. The number of benzene rings is 3. The van der Waals surface area contributed by atoms with Crippen LogP contribution in [0.3, 0.4) is 0 Å². The van der Waals surface area contributed by atoms with E-state index in [1.54, 1.807) is 52.7 Å². The first-order chi connectivity index (χ1) is 16.9. The number of aromatic nitrogens is 5. The Morgan fingerprint density at radius 2 is 1.66 bits per heavy atom. The van der Waals surface area contributed by atoms with Gasteiger partial charge in [-0.25, -0.2) is 18.4 Å². The number of nitrogens with zero attached hydrogens (tertiary/aromatic N) is 5. The Kier molecular flexibility index (Phi) is 6.06. The van der Waals surface area contributed by atoms with E-state index in [4.69, 9.17) is 0 Å². The van der Waals surface area contributed by atoms with Crippen LogP contribution in [0, 0.1) is 6.92 Å². The maximum atomic E-state index is 13.4. The van der Waals surface area contributed by atoms with Crippen molar-refractivity contribution in [2.24, 2.45) is 0 Å². The maximum absolute atomic E-state index is 13.4. The maximum Gasteiger partial charge on any atom is 0.281 e. The molecule has 0 N–H and O–H groups in total. The summed E-state index contributed by atoms with van der Waals surface area (Å²) in [5.41, 5.74) is 3.77. The van der Waals surface area contributed by atoms with E-state index < -0.39 is 17.5 Å². The van der Waals surface area contributed by atoms with Crippen molar-refractivity contribution in [2.75, 3.05) is 0 Å².